The third kappa shape index (κ3) is 4.95. The van der Waals surface area contributed by atoms with Crippen LogP contribution >= 0.6 is 23.7 Å². The summed E-state index contributed by atoms with van der Waals surface area (Å²) in [5.41, 5.74) is 8.80. The first-order valence-corrected chi connectivity index (χ1v) is 10.7. The highest BCUT2D eigenvalue weighted by Crippen LogP contribution is 2.31. The van der Waals surface area contributed by atoms with Crippen molar-refractivity contribution in [1.82, 2.24) is 9.88 Å². The predicted octanol–water partition coefficient (Wildman–Crippen LogP) is 3.91. The molecule has 0 radical (unpaired) electrons. The van der Waals surface area contributed by atoms with Crippen LogP contribution in [0.25, 0.3) is 16.2 Å². The fourth-order valence-corrected chi connectivity index (χ4v) is 4.80. The highest BCUT2D eigenvalue weighted by atomic mass is 35.5. The van der Waals surface area contributed by atoms with E-state index in [0.29, 0.717) is 25.2 Å². The van der Waals surface area contributed by atoms with Crippen LogP contribution in [0.4, 0.5) is 5.82 Å². The highest BCUT2D eigenvalue weighted by molar-refractivity contribution is 7.19. The number of hydrogen-bond donors (Lipinski definition) is 2. The topological polar surface area (TPSA) is 88.3 Å². The molecule has 2 amide bonds. The Morgan fingerprint density at radius 2 is 2.16 bits per heavy atom. The monoisotopic (exact) mass is 456 g/mol. The van der Waals surface area contributed by atoms with Gasteiger partial charge in [0.25, 0.3) is 0 Å². The van der Waals surface area contributed by atoms with Crippen LogP contribution in [0, 0.1) is 6.92 Å². The summed E-state index contributed by atoms with van der Waals surface area (Å²) in [4.78, 5) is 31.7. The summed E-state index contributed by atoms with van der Waals surface area (Å²) >= 11 is 1.73. The lowest BCUT2D eigenvalue weighted by atomic mass is 10.1. The molecule has 1 atom stereocenters. The van der Waals surface area contributed by atoms with E-state index >= 15 is 0 Å². The minimum absolute atomic E-state index is 0. The number of benzene rings is 1. The van der Waals surface area contributed by atoms with Crippen LogP contribution in [0.2, 0.25) is 0 Å². The smallest absolute Gasteiger partial charge is 0.246 e. The molecular weight excluding hydrogens is 432 g/mol. The standard InChI is InChI=1S/C23H24N4O2S.ClH/c1-14-17-5-3-4-6-19(17)30-20(14)13-27(2)21(28)10-7-15-11-16-8-9-18(24)23(29)26-22(16)25-12-15;/h3-7,10-12,18H,8-9,13,24H2,1-2H3,(H,25,26,29);1H/b10-7+;. The Morgan fingerprint density at radius 3 is 2.94 bits per heavy atom. The number of amides is 2. The molecule has 0 saturated heterocycles. The van der Waals surface area contributed by atoms with E-state index < -0.39 is 6.04 Å². The largest absolute Gasteiger partial charge is 0.337 e. The van der Waals surface area contributed by atoms with Gasteiger partial charge in [0.1, 0.15) is 5.82 Å². The maximum Gasteiger partial charge on any atom is 0.246 e. The molecule has 2 aromatic heterocycles. The molecule has 3 aromatic rings. The molecule has 1 aromatic carbocycles. The number of fused-ring (bicyclic) bond motifs is 2. The van der Waals surface area contributed by atoms with E-state index in [1.54, 1.807) is 34.6 Å². The molecule has 0 bridgehead atoms. The Hall–Kier alpha value is -2.74. The van der Waals surface area contributed by atoms with Crippen LogP contribution in [-0.4, -0.2) is 34.8 Å². The zero-order valence-corrected chi connectivity index (χ0v) is 19.1. The van der Waals surface area contributed by atoms with Crippen LogP contribution in [0.1, 0.15) is 28.0 Å². The maximum atomic E-state index is 12.6. The van der Waals surface area contributed by atoms with E-state index in [4.69, 9.17) is 5.73 Å². The van der Waals surface area contributed by atoms with Gasteiger partial charge in [0.05, 0.1) is 12.6 Å². The Bertz CT molecular complexity index is 1160. The number of carbonyl (C=O) groups is 2. The van der Waals surface area contributed by atoms with Crippen LogP contribution in [0.15, 0.2) is 42.6 Å². The average Bonchev–Trinajstić information content (AvgIpc) is 2.98. The van der Waals surface area contributed by atoms with Gasteiger partial charge in [-0.05, 0) is 60.1 Å². The minimum atomic E-state index is -0.522. The normalized spacial score (nSPS) is 15.8. The number of hydrogen-bond acceptors (Lipinski definition) is 5. The van der Waals surface area contributed by atoms with Gasteiger partial charge in [-0.3, -0.25) is 9.59 Å². The first-order valence-electron chi connectivity index (χ1n) is 9.88. The quantitative estimate of drug-likeness (QED) is 0.582. The molecular formula is C23H25ClN4O2S. The number of aromatic nitrogens is 1. The predicted molar refractivity (Wildman–Crippen MR) is 128 cm³/mol. The van der Waals surface area contributed by atoms with E-state index in [9.17, 15) is 9.59 Å². The van der Waals surface area contributed by atoms with Crippen molar-refractivity contribution in [3.63, 3.8) is 0 Å². The number of nitrogens with zero attached hydrogens (tertiary/aromatic N) is 2. The van der Waals surface area contributed by atoms with Gasteiger partial charge in [-0.25, -0.2) is 4.98 Å². The molecule has 0 fully saturated rings. The van der Waals surface area contributed by atoms with Crippen LogP contribution in [-0.2, 0) is 22.6 Å². The maximum absolute atomic E-state index is 12.6. The lowest BCUT2D eigenvalue weighted by molar-refractivity contribution is -0.125. The molecule has 162 valence electrons. The number of aryl methyl sites for hydroxylation is 2. The number of thiophene rings is 1. The highest BCUT2D eigenvalue weighted by Gasteiger charge is 2.21. The van der Waals surface area contributed by atoms with Gasteiger partial charge in [-0.1, -0.05) is 18.2 Å². The van der Waals surface area contributed by atoms with Crippen molar-refractivity contribution in [3.05, 3.63) is 64.2 Å². The van der Waals surface area contributed by atoms with Crippen molar-refractivity contribution < 1.29 is 9.59 Å². The molecule has 0 spiro atoms. The Kier molecular flexibility index (Phi) is 7.10. The van der Waals surface area contributed by atoms with Crippen molar-refractivity contribution in [2.75, 3.05) is 12.4 Å². The summed E-state index contributed by atoms with van der Waals surface area (Å²) in [6.45, 7) is 2.68. The zero-order chi connectivity index (χ0) is 21.3. The van der Waals surface area contributed by atoms with Crippen LogP contribution in [0.5, 0.6) is 0 Å². The van der Waals surface area contributed by atoms with Gasteiger partial charge in [0.15, 0.2) is 0 Å². The fraction of sp³-hybridized carbons (Fsp3) is 0.261. The number of nitrogens with one attached hydrogen (secondary N) is 1. The third-order valence-electron chi connectivity index (χ3n) is 5.41. The Morgan fingerprint density at radius 1 is 1.39 bits per heavy atom. The first kappa shape index (κ1) is 22.9. The summed E-state index contributed by atoms with van der Waals surface area (Å²) in [6, 6.07) is 9.72. The van der Waals surface area contributed by atoms with E-state index in [-0.39, 0.29) is 24.2 Å². The minimum Gasteiger partial charge on any atom is -0.337 e. The second-order valence-electron chi connectivity index (χ2n) is 7.58. The lowest BCUT2D eigenvalue weighted by Crippen LogP contribution is -2.34. The second kappa shape index (κ2) is 9.60. The number of nitrogens with two attached hydrogens (primary N) is 1. The molecule has 1 aliphatic heterocycles. The van der Waals surface area contributed by atoms with Crippen LogP contribution < -0.4 is 11.1 Å². The molecule has 4 rings (SSSR count). The molecule has 0 aliphatic carbocycles. The molecule has 1 aliphatic rings. The van der Waals surface area contributed by atoms with Gasteiger partial charge >= 0.3 is 0 Å². The van der Waals surface area contributed by atoms with Gasteiger partial charge in [-0.15, -0.1) is 23.7 Å². The van der Waals surface area contributed by atoms with E-state index in [1.807, 2.05) is 25.2 Å². The molecule has 3 heterocycles. The third-order valence-corrected chi connectivity index (χ3v) is 6.67. The summed E-state index contributed by atoms with van der Waals surface area (Å²) < 4.78 is 1.24. The Balaban J connectivity index is 0.00000272. The molecule has 31 heavy (non-hydrogen) atoms. The number of rotatable bonds is 4. The Labute approximate surface area is 191 Å². The lowest BCUT2D eigenvalue weighted by Gasteiger charge is -2.14. The van der Waals surface area contributed by atoms with Gasteiger partial charge in [0.2, 0.25) is 11.8 Å². The molecule has 1 unspecified atom stereocenters. The fourth-order valence-electron chi connectivity index (χ4n) is 3.54. The molecule has 3 N–H and O–H groups in total. The van der Waals surface area contributed by atoms with Gasteiger partial charge in [-0.2, -0.15) is 0 Å². The van der Waals surface area contributed by atoms with Crippen molar-refractivity contribution in [2.24, 2.45) is 5.73 Å². The van der Waals surface area contributed by atoms with Gasteiger partial charge < -0.3 is 16.0 Å². The molecule has 0 saturated carbocycles. The summed E-state index contributed by atoms with van der Waals surface area (Å²) in [6.07, 6.45) is 6.21. The summed E-state index contributed by atoms with van der Waals surface area (Å²) in [7, 11) is 1.81. The summed E-state index contributed by atoms with van der Waals surface area (Å²) in [5.74, 6) is 0.267. The second-order valence-corrected chi connectivity index (χ2v) is 8.72. The molecule has 6 nitrogen and oxygen atoms in total. The van der Waals surface area contributed by atoms with Crippen molar-refractivity contribution in [2.45, 2.75) is 32.4 Å². The number of halogens is 1. The van der Waals surface area contributed by atoms with E-state index in [1.165, 1.54) is 20.5 Å². The first-order chi connectivity index (χ1) is 14.4. The number of anilines is 1. The van der Waals surface area contributed by atoms with Crippen LogP contribution in [0.3, 0.4) is 0 Å². The van der Waals surface area contributed by atoms with E-state index in [0.717, 1.165) is 11.1 Å². The SMILES string of the molecule is Cc1c(CN(C)C(=O)/C=C/c2cnc3c(c2)CCC(N)C(=O)N3)sc2ccccc12.Cl. The number of carbonyl (C=O) groups excluding carboxylic acids is 2. The number of pyridine rings is 1. The van der Waals surface area contributed by atoms with Crippen molar-refractivity contribution >= 4 is 57.5 Å². The molecule has 8 heteroatoms. The summed E-state index contributed by atoms with van der Waals surface area (Å²) in [5, 5.41) is 4.00. The number of likely N-dealkylation sites (N-methyl/N-ethyl adjacent to an activating group) is 1. The average molecular weight is 457 g/mol. The van der Waals surface area contributed by atoms with E-state index in [2.05, 4.69) is 29.4 Å². The van der Waals surface area contributed by atoms with Crippen molar-refractivity contribution in [1.29, 1.82) is 0 Å². The van der Waals surface area contributed by atoms with Gasteiger partial charge in [0, 0.05) is 28.9 Å². The zero-order valence-electron chi connectivity index (χ0n) is 17.4. The van der Waals surface area contributed by atoms with Crippen molar-refractivity contribution in [3.8, 4) is 0 Å².